The molecule has 0 bridgehead atoms. The molecule has 0 radical (unpaired) electrons. The number of aliphatic hydroxyl groups is 2. The van der Waals surface area contributed by atoms with Crippen LogP contribution in [0.4, 0.5) is 11.4 Å². The Kier molecular flexibility index (Phi) is 20.3. The Hall–Kier alpha value is -6.36. The predicted molar refractivity (Wildman–Crippen MR) is 284 cm³/mol. The Morgan fingerprint density at radius 1 is 0.549 bits per heavy atom. The van der Waals surface area contributed by atoms with Crippen LogP contribution < -0.4 is 20.9 Å². The van der Waals surface area contributed by atoms with Crippen molar-refractivity contribution < 1.29 is 38.9 Å². The summed E-state index contributed by atoms with van der Waals surface area (Å²) < 4.78 is 11.5. The third-order valence-electron chi connectivity index (χ3n) is 14.6. The number of rotatable bonds is 26. The van der Waals surface area contributed by atoms with Crippen molar-refractivity contribution >= 4 is 47.0 Å². The zero-order chi connectivity index (χ0) is 50.6. The van der Waals surface area contributed by atoms with Crippen LogP contribution >= 0.6 is 0 Å². The van der Waals surface area contributed by atoms with E-state index in [4.69, 9.17) is 20.9 Å². The van der Waals surface area contributed by atoms with Gasteiger partial charge in [0.25, 0.3) is 0 Å². The summed E-state index contributed by atoms with van der Waals surface area (Å²) in [6.07, 6.45) is 25.3. The number of nitrogens with two attached hydrogens (primary N) is 2. The van der Waals surface area contributed by atoms with Crippen molar-refractivity contribution in [3.8, 4) is 11.5 Å². The molecular weight excluding hydrogens is 889 g/mol. The largest absolute Gasteiger partial charge is 0.426 e. The molecule has 6 rings (SSSR count). The first-order chi connectivity index (χ1) is 34.2. The minimum absolute atomic E-state index is 0.0846. The molecular formula is C61H74N2O8. The van der Waals surface area contributed by atoms with Crippen molar-refractivity contribution in [2.75, 3.05) is 11.5 Å². The smallest absolute Gasteiger partial charge is 0.314 e. The van der Waals surface area contributed by atoms with E-state index in [2.05, 4.69) is 13.2 Å². The molecule has 4 aromatic carbocycles. The molecule has 2 aliphatic carbocycles. The molecule has 0 heterocycles. The maximum Gasteiger partial charge on any atom is 0.314 e. The standard InChI is InChI=1S/C61H74N2O8/c1-3-5-7-9-11-44-13-27-50(28-14-44)58(66)70-55-36-22-46(23-37-55)21-35-54(64)43-60(41-48-17-31-52(62)32-18-48,42-49-19-33-53(63)34-20-49)61(68,69)57(65)40-26-47-24-38-56(39-25-47)71-59(67)51-29-15-45(16-30-51)12-10-8-6-4-2/h3-4,17-26,31-40,44-45,50-51,68-69H,1-2,5-16,27-30,41-43,62-63H2. The maximum atomic E-state index is 14.2. The van der Waals surface area contributed by atoms with E-state index < -0.39 is 29.2 Å². The maximum absolute atomic E-state index is 14.2. The van der Waals surface area contributed by atoms with E-state index in [-0.39, 0.29) is 36.6 Å². The van der Waals surface area contributed by atoms with Gasteiger partial charge in [0.1, 0.15) is 11.5 Å². The molecule has 0 amide bonds. The van der Waals surface area contributed by atoms with Gasteiger partial charge in [0, 0.05) is 23.2 Å². The minimum Gasteiger partial charge on any atom is -0.426 e. The van der Waals surface area contributed by atoms with E-state index in [9.17, 15) is 29.4 Å². The van der Waals surface area contributed by atoms with Crippen LogP contribution in [-0.4, -0.2) is 39.5 Å². The molecule has 0 aliphatic heterocycles. The quantitative estimate of drug-likeness (QED) is 0.00900. The first-order valence-corrected chi connectivity index (χ1v) is 25.7. The summed E-state index contributed by atoms with van der Waals surface area (Å²) in [6, 6.07) is 27.2. The van der Waals surface area contributed by atoms with E-state index in [1.165, 1.54) is 37.8 Å². The third-order valence-corrected chi connectivity index (χ3v) is 14.6. The van der Waals surface area contributed by atoms with Gasteiger partial charge in [-0.2, -0.15) is 0 Å². The van der Waals surface area contributed by atoms with Crippen molar-refractivity contribution in [1.82, 2.24) is 0 Å². The Labute approximate surface area is 420 Å². The van der Waals surface area contributed by atoms with Gasteiger partial charge in [0.2, 0.25) is 11.6 Å². The van der Waals surface area contributed by atoms with Crippen molar-refractivity contribution in [2.45, 2.75) is 128 Å². The van der Waals surface area contributed by atoms with Crippen LogP contribution in [-0.2, 0) is 32.0 Å². The molecule has 10 nitrogen and oxygen atoms in total. The molecule has 0 atom stereocenters. The highest BCUT2D eigenvalue weighted by Crippen LogP contribution is 2.43. The molecule has 0 spiro atoms. The number of benzene rings is 4. The van der Waals surface area contributed by atoms with Crippen LogP contribution in [0.2, 0.25) is 0 Å². The molecule has 0 aromatic heterocycles. The summed E-state index contributed by atoms with van der Waals surface area (Å²) >= 11 is 0. The van der Waals surface area contributed by atoms with Crippen molar-refractivity contribution in [3.63, 3.8) is 0 Å². The zero-order valence-corrected chi connectivity index (χ0v) is 41.4. The molecule has 2 fully saturated rings. The van der Waals surface area contributed by atoms with Gasteiger partial charge in [-0.3, -0.25) is 19.2 Å². The number of carbonyl (C=O) groups is 4. The van der Waals surface area contributed by atoms with Crippen molar-refractivity contribution in [2.24, 2.45) is 29.1 Å². The van der Waals surface area contributed by atoms with Gasteiger partial charge < -0.3 is 31.2 Å². The number of esters is 2. The summed E-state index contributed by atoms with van der Waals surface area (Å²) in [5.74, 6) is -3.18. The number of hydrogen-bond acceptors (Lipinski definition) is 10. The van der Waals surface area contributed by atoms with E-state index >= 15 is 0 Å². The number of ketones is 2. The average Bonchev–Trinajstić information content (AvgIpc) is 3.37. The van der Waals surface area contributed by atoms with Gasteiger partial charge in [-0.05, 0) is 185 Å². The Morgan fingerprint density at radius 3 is 1.34 bits per heavy atom. The lowest BCUT2D eigenvalue weighted by atomic mass is 9.65. The van der Waals surface area contributed by atoms with Gasteiger partial charge >= 0.3 is 11.9 Å². The Bertz CT molecular complexity index is 2370. The van der Waals surface area contributed by atoms with E-state index in [0.29, 0.717) is 57.0 Å². The number of hydrogen-bond donors (Lipinski definition) is 4. The van der Waals surface area contributed by atoms with E-state index in [1.807, 2.05) is 12.2 Å². The average molecular weight is 963 g/mol. The van der Waals surface area contributed by atoms with Crippen LogP contribution in [0, 0.1) is 29.1 Å². The number of nitrogen functional groups attached to an aromatic ring is 2. The van der Waals surface area contributed by atoms with Gasteiger partial charge in [-0.15, -0.1) is 13.2 Å². The van der Waals surface area contributed by atoms with Gasteiger partial charge in [0.15, 0.2) is 5.78 Å². The molecule has 4 aromatic rings. The topological polar surface area (TPSA) is 179 Å². The number of unbranched alkanes of at least 4 members (excludes halogenated alkanes) is 4. The number of carbonyl (C=O) groups excluding carboxylic acids is 4. The normalized spacial score (nSPS) is 18.5. The first-order valence-electron chi connectivity index (χ1n) is 25.7. The molecule has 6 N–H and O–H groups in total. The second-order valence-corrected chi connectivity index (χ2v) is 20.0. The van der Waals surface area contributed by atoms with E-state index in [0.717, 1.165) is 83.1 Å². The third kappa shape index (κ3) is 16.3. The van der Waals surface area contributed by atoms with E-state index in [1.54, 1.807) is 103 Å². The summed E-state index contributed by atoms with van der Waals surface area (Å²) in [6.45, 7) is 7.60. The number of ether oxygens (including phenoxy) is 2. The fourth-order valence-corrected chi connectivity index (χ4v) is 10.3. The summed E-state index contributed by atoms with van der Waals surface area (Å²) in [7, 11) is 0. The second-order valence-electron chi connectivity index (χ2n) is 20.0. The minimum atomic E-state index is -3.06. The summed E-state index contributed by atoms with van der Waals surface area (Å²) in [4.78, 5) is 54.6. The SMILES string of the molecule is C=CCCCCC1CCC(C(=O)Oc2ccc(C=CC(=O)CC(Cc3ccc(N)cc3)(Cc3ccc(N)cc3)C(O)(O)C(=O)C=Cc3ccc(OC(=O)C4CCC(CCCCC=C)CC4)cc3)cc2)CC1. The molecule has 2 aliphatic rings. The highest BCUT2D eigenvalue weighted by Gasteiger charge is 2.54. The molecule has 2 saturated carbocycles. The number of allylic oxidation sites excluding steroid dienone is 3. The van der Waals surface area contributed by atoms with Crippen LogP contribution in [0.15, 0.2) is 135 Å². The molecule has 0 saturated heterocycles. The summed E-state index contributed by atoms with van der Waals surface area (Å²) in [5.41, 5.74) is 13.7. The van der Waals surface area contributed by atoms with Crippen LogP contribution in [0.5, 0.6) is 11.5 Å². The van der Waals surface area contributed by atoms with Crippen molar-refractivity contribution in [3.05, 3.63) is 157 Å². The molecule has 376 valence electrons. The van der Waals surface area contributed by atoms with Gasteiger partial charge in [-0.25, -0.2) is 0 Å². The fraction of sp³-hybridized carbons (Fsp3) is 0.410. The zero-order valence-electron chi connectivity index (χ0n) is 41.4. The lowest BCUT2D eigenvalue weighted by Gasteiger charge is -2.42. The monoisotopic (exact) mass is 963 g/mol. The lowest BCUT2D eigenvalue weighted by Crippen LogP contribution is -2.57. The first kappa shape index (κ1) is 54.0. The fourth-order valence-electron chi connectivity index (χ4n) is 10.3. The molecule has 10 heteroatoms. The highest BCUT2D eigenvalue weighted by molar-refractivity contribution is 6.01. The number of anilines is 2. The summed E-state index contributed by atoms with van der Waals surface area (Å²) in [5, 5.41) is 24.5. The lowest BCUT2D eigenvalue weighted by molar-refractivity contribution is -0.230. The molecule has 0 unspecified atom stereocenters. The predicted octanol–water partition coefficient (Wildman–Crippen LogP) is 12.2. The van der Waals surface area contributed by atoms with Crippen molar-refractivity contribution in [1.29, 1.82) is 0 Å². The van der Waals surface area contributed by atoms with Crippen LogP contribution in [0.1, 0.15) is 131 Å². The van der Waals surface area contributed by atoms with Gasteiger partial charge in [0.05, 0.1) is 11.8 Å². The van der Waals surface area contributed by atoms with Crippen LogP contribution in [0.3, 0.4) is 0 Å². The second kappa shape index (κ2) is 26.7. The van der Waals surface area contributed by atoms with Gasteiger partial charge in [-0.1, -0.05) is 98.5 Å². The van der Waals surface area contributed by atoms with Crippen LogP contribution in [0.25, 0.3) is 12.2 Å². The Balaban J connectivity index is 1.13. The highest BCUT2D eigenvalue weighted by atomic mass is 16.5. The Morgan fingerprint density at radius 2 is 0.944 bits per heavy atom. The molecule has 71 heavy (non-hydrogen) atoms.